The Balaban J connectivity index is 2.06. The van der Waals surface area contributed by atoms with E-state index in [1.54, 1.807) is 13.1 Å². The molecule has 3 N–H and O–H groups in total. The summed E-state index contributed by atoms with van der Waals surface area (Å²) in [6.07, 6.45) is 1.51. The Bertz CT molecular complexity index is 818. The summed E-state index contributed by atoms with van der Waals surface area (Å²) in [6.45, 7) is 1.86. The molecule has 3 aromatic rings. The van der Waals surface area contributed by atoms with Gasteiger partial charge in [0.2, 0.25) is 0 Å². The van der Waals surface area contributed by atoms with Crippen molar-refractivity contribution >= 4 is 28.3 Å². The summed E-state index contributed by atoms with van der Waals surface area (Å²) in [5, 5.41) is 7.62. The molecule has 0 radical (unpaired) electrons. The van der Waals surface area contributed by atoms with Crippen LogP contribution in [0, 0.1) is 6.92 Å². The highest BCUT2D eigenvalue weighted by atomic mass is 16.1. The molecular formula is C15H15N5O. The molecule has 1 aromatic carbocycles. The zero-order valence-electron chi connectivity index (χ0n) is 11.8. The third-order valence-corrected chi connectivity index (χ3v) is 3.29. The Labute approximate surface area is 121 Å². The molecule has 0 spiro atoms. The highest BCUT2D eigenvalue weighted by Gasteiger charge is 2.15. The normalized spacial score (nSPS) is 10.8. The van der Waals surface area contributed by atoms with Crippen LogP contribution in [-0.2, 0) is 7.05 Å². The smallest absolute Gasteiger partial charge is 0.257 e. The van der Waals surface area contributed by atoms with Crippen molar-refractivity contribution in [1.82, 2.24) is 14.8 Å². The number of carbonyl (C=O) groups is 1. The Morgan fingerprint density at radius 3 is 2.81 bits per heavy atom. The summed E-state index contributed by atoms with van der Waals surface area (Å²) in [4.78, 5) is 17.0. The number of amides is 1. The first kappa shape index (κ1) is 13.1. The van der Waals surface area contributed by atoms with E-state index >= 15 is 0 Å². The molecule has 0 bridgehead atoms. The summed E-state index contributed by atoms with van der Waals surface area (Å²) in [6, 6.07) is 9.31. The highest BCUT2D eigenvalue weighted by Crippen LogP contribution is 2.21. The molecule has 6 heteroatoms. The van der Waals surface area contributed by atoms with E-state index in [1.165, 1.54) is 10.9 Å². The third kappa shape index (κ3) is 2.31. The average molecular weight is 281 g/mol. The number of anilines is 2. The first-order chi connectivity index (χ1) is 10.1. The fourth-order valence-corrected chi connectivity index (χ4v) is 2.28. The van der Waals surface area contributed by atoms with Gasteiger partial charge in [-0.15, -0.1) is 0 Å². The van der Waals surface area contributed by atoms with Gasteiger partial charge in [-0.05, 0) is 19.1 Å². The molecule has 2 heterocycles. The van der Waals surface area contributed by atoms with Crippen LogP contribution in [0.1, 0.15) is 16.1 Å². The molecule has 0 saturated heterocycles. The lowest BCUT2D eigenvalue weighted by molar-refractivity contribution is 0.102. The second-order valence-corrected chi connectivity index (χ2v) is 4.85. The maximum atomic E-state index is 12.5. The van der Waals surface area contributed by atoms with E-state index in [0.29, 0.717) is 17.1 Å². The molecule has 0 unspecified atom stereocenters. The topological polar surface area (TPSA) is 85.8 Å². The Kier molecular flexibility index (Phi) is 3.06. The van der Waals surface area contributed by atoms with Crippen molar-refractivity contribution in [2.24, 2.45) is 7.05 Å². The van der Waals surface area contributed by atoms with Crippen LogP contribution in [-0.4, -0.2) is 20.7 Å². The number of nitrogens with one attached hydrogen (secondary N) is 1. The van der Waals surface area contributed by atoms with Gasteiger partial charge in [0, 0.05) is 18.1 Å². The van der Waals surface area contributed by atoms with Gasteiger partial charge in [-0.2, -0.15) is 5.10 Å². The fourth-order valence-electron chi connectivity index (χ4n) is 2.28. The van der Waals surface area contributed by atoms with Crippen LogP contribution >= 0.6 is 0 Å². The van der Waals surface area contributed by atoms with E-state index in [0.717, 1.165) is 16.6 Å². The number of aromatic nitrogens is 3. The molecule has 0 saturated carbocycles. The number of rotatable bonds is 2. The van der Waals surface area contributed by atoms with Gasteiger partial charge in [-0.25, -0.2) is 0 Å². The SMILES string of the molecule is Cc1cc(C(=O)Nc2c(N)cnn2C)c2ccccc2n1. The minimum Gasteiger partial charge on any atom is -0.394 e. The summed E-state index contributed by atoms with van der Waals surface area (Å²) in [5.41, 5.74) is 8.38. The Hall–Kier alpha value is -2.89. The van der Waals surface area contributed by atoms with Crippen molar-refractivity contribution in [2.75, 3.05) is 11.1 Å². The van der Waals surface area contributed by atoms with Crippen LogP contribution in [0.15, 0.2) is 36.5 Å². The molecule has 0 aliphatic rings. The van der Waals surface area contributed by atoms with E-state index in [4.69, 9.17) is 5.73 Å². The van der Waals surface area contributed by atoms with Gasteiger partial charge in [0.05, 0.1) is 23.0 Å². The van der Waals surface area contributed by atoms with Crippen LogP contribution in [0.3, 0.4) is 0 Å². The number of nitrogens with two attached hydrogens (primary N) is 1. The van der Waals surface area contributed by atoms with E-state index in [2.05, 4.69) is 15.4 Å². The molecule has 3 rings (SSSR count). The number of nitrogens with zero attached hydrogens (tertiary/aromatic N) is 3. The average Bonchev–Trinajstić information content (AvgIpc) is 2.78. The van der Waals surface area contributed by atoms with Crippen LogP contribution < -0.4 is 11.1 Å². The largest absolute Gasteiger partial charge is 0.394 e. The third-order valence-electron chi connectivity index (χ3n) is 3.29. The quantitative estimate of drug-likeness (QED) is 0.753. The summed E-state index contributed by atoms with van der Waals surface area (Å²) >= 11 is 0. The van der Waals surface area contributed by atoms with Crippen LogP contribution in [0.25, 0.3) is 10.9 Å². The second-order valence-electron chi connectivity index (χ2n) is 4.85. The lowest BCUT2D eigenvalue weighted by atomic mass is 10.1. The second kappa shape index (κ2) is 4.90. The first-order valence-electron chi connectivity index (χ1n) is 6.51. The minimum absolute atomic E-state index is 0.230. The Morgan fingerprint density at radius 2 is 2.10 bits per heavy atom. The number of pyridine rings is 1. The number of para-hydroxylation sites is 1. The minimum atomic E-state index is -0.230. The summed E-state index contributed by atoms with van der Waals surface area (Å²) in [7, 11) is 1.72. The summed E-state index contributed by atoms with van der Waals surface area (Å²) in [5.74, 6) is 0.255. The predicted molar refractivity (Wildman–Crippen MR) is 82.1 cm³/mol. The monoisotopic (exact) mass is 281 g/mol. The molecule has 2 aromatic heterocycles. The first-order valence-corrected chi connectivity index (χ1v) is 6.51. The van der Waals surface area contributed by atoms with Crippen molar-refractivity contribution in [1.29, 1.82) is 0 Å². The molecule has 21 heavy (non-hydrogen) atoms. The van der Waals surface area contributed by atoms with Crippen molar-refractivity contribution in [3.63, 3.8) is 0 Å². The zero-order chi connectivity index (χ0) is 15.0. The predicted octanol–water partition coefficient (Wildman–Crippen LogP) is 2.11. The number of aryl methyl sites for hydroxylation is 2. The standard InChI is InChI=1S/C15H15N5O/c1-9-7-11(10-5-3-4-6-13(10)18-9)15(21)19-14-12(16)8-17-20(14)2/h3-8H,16H2,1-2H3,(H,19,21). The molecule has 106 valence electrons. The number of nitrogen functional groups attached to an aromatic ring is 1. The number of hydrogen-bond donors (Lipinski definition) is 2. The number of carbonyl (C=O) groups excluding carboxylic acids is 1. The van der Waals surface area contributed by atoms with Crippen molar-refractivity contribution in [3.8, 4) is 0 Å². The van der Waals surface area contributed by atoms with E-state index < -0.39 is 0 Å². The van der Waals surface area contributed by atoms with Crippen molar-refractivity contribution < 1.29 is 4.79 Å². The number of benzene rings is 1. The van der Waals surface area contributed by atoms with Gasteiger partial charge >= 0.3 is 0 Å². The van der Waals surface area contributed by atoms with Crippen LogP contribution in [0.4, 0.5) is 11.5 Å². The van der Waals surface area contributed by atoms with Crippen LogP contribution in [0.5, 0.6) is 0 Å². The fraction of sp³-hybridized carbons (Fsp3) is 0.133. The van der Waals surface area contributed by atoms with Crippen molar-refractivity contribution in [3.05, 3.63) is 47.8 Å². The highest BCUT2D eigenvalue weighted by molar-refractivity contribution is 6.12. The lowest BCUT2D eigenvalue weighted by Gasteiger charge is -2.09. The van der Waals surface area contributed by atoms with Crippen molar-refractivity contribution in [2.45, 2.75) is 6.92 Å². The molecule has 0 aliphatic carbocycles. The maximum Gasteiger partial charge on any atom is 0.257 e. The van der Waals surface area contributed by atoms with E-state index in [9.17, 15) is 4.79 Å². The molecule has 0 atom stereocenters. The van der Waals surface area contributed by atoms with Gasteiger partial charge in [-0.1, -0.05) is 18.2 Å². The van der Waals surface area contributed by atoms with Gasteiger partial charge in [-0.3, -0.25) is 14.5 Å². The zero-order valence-corrected chi connectivity index (χ0v) is 11.8. The molecule has 0 aliphatic heterocycles. The van der Waals surface area contributed by atoms with Gasteiger partial charge in [0.25, 0.3) is 5.91 Å². The van der Waals surface area contributed by atoms with Gasteiger partial charge < -0.3 is 11.1 Å². The number of hydrogen-bond acceptors (Lipinski definition) is 4. The lowest BCUT2D eigenvalue weighted by Crippen LogP contribution is -2.16. The van der Waals surface area contributed by atoms with E-state index in [1.807, 2.05) is 31.2 Å². The van der Waals surface area contributed by atoms with Gasteiger partial charge in [0.1, 0.15) is 0 Å². The summed E-state index contributed by atoms with van der Waals surface area (Å²) < 4.78 is 1.53. The maximum absolute atomic E-state index is 12.5. The molecule has 6 nitrogen and oxygen atoms in total. The molecular weight excluding hydrogens is 266 g/mol. The molecule has 1 amide bonds. The van der Waals surface area contributed by atoms with Crippen LogP contribution in [0.2, 0.25) is 0 Å². The Morgan fingerprint density at radius 1 is 1.33 bits per heavy atom. The number of fused-ring (bicyclic) bond motifs is 1. The van der Waals surface area contributed by atoms with E-state index in [-0.39, 0.29) is 5.91 Å². The van der Waals surface area contributed by atoms with Gasteiger partial charge in [0.15, 0.2) is 5.82 Å². The molecule has 0 fully saturated rings.